The number of halogens is 1. The number of rotatable bonds is 2. The van der Waals surface area contributed by atoms with Crippen LogP contribution >= 0.6 is 15.9 Å². The first-order chi connectivity index (χ1) is 7.18. The van der Waals surface area contributed by atoms with Crippen LogP contribution in [0.15, 0.2) is 27.7 Å². The van der Waals surface area contributed by atoms with Crippen LogP contribution in [0, 0.1) is 10.1 Å². The second-order valence-corrected chi connectivity index (χ2v) is 3.81. The first kappa shape index (κ1) is 10.1. The smallest absolute Gasteiger partial charge is 0.270 e. The predicted molar refractivity (Wildman–Crippen MR) is 58.2 cm³/mol. The number of nitro benzene ring substituents is 1. The minimum absolute atomic E-state index is 0.0337. The molecular weight excluding hydrogens is 264 g/mol. The van der Waals surface area contributed by atoms with Crippen LogP contribution in [0.25, 0.3) is 0 Å². The van der Waals surface area contributed by atoms with Crippen LogP contribution in [-0.2, 0) is 4.74 Å². The number of hydrogen-bond donors (Lipinski definition) is 0. The number of nitro groups is 1. The zero-order valence-corrected chi connectivity index (χ0v) is 9.23. The SMILES string of the molecule is O=[N+]([O-])c1ccc(Br)c(C2=NCCO2)c1. The van der Waals surface area contributed by atoms with Crippen LogP contribution in [0.3, 0.4) is 0 Å². The Hall–Kier alpha value is -1.43. The van der Waals surface area contributed by atoms with E-state index in [-0.39, 0.29) is 5.69 Å². The lowest BCUT2D eigenvalue weighted by Gasteiger charge is -2.03. The number of non-ortho nitro benzene ring substituents is 1. The molecule has 0 saturated heterocycles. The fraction of sp³-hybridized carbons (Fsp3) is 0.222. The van der Waals surface area contributed by atoms with Crippen molar-refractivity contribution >= 4 is 27.5 Å². The van der Waals surface area contributed by atoms with Gasteiger partial charge >= 0.3 is 0 Å². The van der Waals surface area contributed by atoms with Crippen LogP contribution in [0.5, 0.6) is 0 Å². The van der Waals surface area contributed by atoms with Crippen molar-refractivity contribution in [3.8, 4) is 0 Å². The van der Waals surface area contributed by atoms with Gasteiger partial charge in [0.1, 0.15) is 6.61 Å². The molecule has 0 amide bonds. The van der Waals surface area contributed by atoms with E-state index < -0.39 is 4.92 Å². The first-order valence-electron chi connectivity index (χ1n) is 4.30. The minimum atomic E-state index is -0.439. The van der Waals surface area contributed by atoms with E-state index in [1.807, 2.05) is 0 Å². The van der Waals surface area contributed by atoms with E-state index in [0.717, 1.165) is 4.47 Å². The summed E-state index contributed by atoms with van der Waals surface area (Å²) in [6, 6.07) is 4.51. The Kier molecular flexibility index (Phi) is 2.68. The van der Waals surface area contributed by atoms with Gasteiger partial charge < -0.3 is 4.74 Å². The highest BCUT2D eigenvalue weighted by Gasteiger charge is 2.17. The Labute approximate surface area is 94.0 Å². The lowest BCUT2D eigenvalue weighted by atomic mass is 10.2. The van der Waals surface area contributed by atoms with Gasteiger partial charge in [0.25, 0.3) is 5.69 Å². The van der Waals surface area contributed by atoms with Gasteiger partial charge in [-0.15, -0.1) is 0 Å². The van der Waals surface area contributed by atoms with Gasteiger partial charge in [0.15, 0.2) is 0 Å². The second-order valence-electron chi connectivity index (χ2n) is 2.96. The van der Waals surface area contributed by atoms with Crippen LogP contribution in [0.2, 0.25) is 0 Å². The van der Waals surface area contributed by atoms with Crippen molar-refractivity contribution in [1.29, 1.82) is 0 Å². The maximum Gasteiger partial charge on any atom is 0.270 e. The Balaban J connectivity index is 2.45. The van der Waals surface area contributed by atoms with E-state index >= 15 is 0 Å². The highest BCUT2D eigenvalue weighted by molar-refractivity contribution is 9.10. The van der Waals surface area contributed by atoms with E-state index in [1.165, 1.54) is 12.1 Å². The largest absolute Gasteiger partial charge is 0.475 e. The van der Waals surface area contributed by atoms with Crippen LogP contribution in [0.4, 0.5) is 5.69 Å². The molecule has 1 aromatic rings. The highest BCUT2D eigenvalue weighted by Crippen LogP contribution is 2.24. The molecule has 0 fully saturated rings. The number of ether oxygens (including phenoxy) is 1. The van der Waals surface area contributed by atoms with Crippen LogP contribution < -0.4 is 0 Å². The Morgan fingerprint density at radius 2 is 2.33 bits per heavy atom. The summed E-state index contributed by atoms with van der Waals surface area (Å²) in [6.07, 6.45) is 0. The molecular formula is C9H7BrN2O3. The minimum Gasteiger partial charge on any atom is -0.475 e. The van der Waals surface area contributed by atoms with Gasteiger partial charge in [-0.25, -0.2) is 4.99 Å². The van der Waals surface area contributed by atoms with E-state index in [0.29, 0.717) is 24.6 Å². The lowest BCUT2D eigenvalue weighted by molar-refractivity contribution is -0.384. The lowest BCUT2D eigenvalue weighted by Crippen LogP contribution is -2.03. The summed E-state index contributed by atoms with van der Waals surface area (Å²) in [5, 5.41) is 10.6. The molecule has 0 atom stereocenters. The fourth-order valence-corrected chi connectivity index (χ4v) is 1.71. The molecule has 1 aromatic carbocycles. The van der Waals surface area contributed by atoms with E-state index in [4.69, 9.17) is 4.74 Å². The van der Waals surface area contributed by atoms with Crippen molar-refractivity contribution in [2.75, 3.05) is 13.2 Å². The van der Waals surface area contributed by atoms with Crippen molar-refractivity contribution in [2.24, 2.45) is 4.99 Å². The number of aliphatic imine (C=N–C) groups is 1. The summed E-state index contributed by atoms with van der Waals surface area (Å²) in [5.41, 5.74) is 0.660. The maximum atomic E-state index is 10.6. The molecule has 0 bridgehead atoms. The maximum absolute atomic E-state index is 10.6. The summed E-state index contributed by atoms with van der Waals surface area (Å²) in [5.74, 6) is 0.463. The average molecular weight is 271 g/mol. The molecule has 0 aromatic heterocycles. The molecule has 6 heteroatoms. The number of nitrogens with zero attached hydrogens (tertiary/aromatic N) is 2. The second kappa shape index (κ2) is 3.98. The van der Waals surface area contributed by atoms with Gasteiger partial charge in [0, 0.05) is 16.6 Å². The topological polar surface area (TPSA) is 64.7 Å². The summed E-state index contributed by atoms with van der Waals surface area (Å²) in [7, 11) is 0. The van der Waals surface area contributed by atoms with Gasteiger partial charge in [0.2, 0.25) is 5.90 Å². The van der Waals surface area contributed by atoms with E-state index in [2.05, 4.69) is 20.9 Å². The molecule has 0 aliphatic carbocycles. The summed E-state index contributed by atoms with van der Waals surface area (Å²) in [6.45, 7) is 1.13. The van der Waals surface area contributed by atoms with E-state index in [9.17, 15) is 10.1 Å². The molecule has 0 N–H and O–H groups in total. The summed E-state index contributed by atoms with van der Waals surface area (Å²) < 4.78 is 6.00. The van der Waals surface area contributed by atoms with Crippen molar-refractivity contribution in [1.82, 2.24) is 0 Å². The van der Waals surface area contributed by atoms with Crippen molar-refractivity contribution < 1.29 is 9.66 Å². The van der Waals surface area contributed by atoms with E-state index in [1.54, 1.807) is 6.07 Å². The zero-order valence-electron chi connectivity index (χ0n) is 7.64. The average Bonchev–Trinajstić information content (AvgIpc) is 2.71. The monoisotopic (exact) mass is 270 g/mol. The summed E-state index contributed by atoms with van der Waals surface area (Å²) >= 11 is 3.31. The van der Waals surface area contributed by atoms with Gasteiger partial charge in [-0.1, -0.05) is 0 Å². The summed E-state index contributed by atoms with van der Waals surface area (Å²) in [4.78, 5) is 14.3. The third kappa shape index (κ3) is 1.99. The molecule has 15 heavy (non-hydrogen) atoms. The molecule has 0 spiro atoms. The third-order valence-corrected chi connectivity index (χ3v) is 2.67. The molecule has 78 valence electrons. The van der Waals surface area contributed by atoms with Gasteiger partial charge in [-0.05, 0) is 22.0 Å². The zero-order chi connectivity index (χ0) is 10.8. The third-order valence-electron chi connectivity index (χ3n) is 1.98. The van der Waals surface area contributed by atoms with Crippen molar-refractivity contribution in [3.63, 3.8) is 0 Å². The molecule has 1 aliphatic rings. The first-order valence-corrected chi connectivity index (χ1v) is 5.09. The molecule has 1 aliphatic heterocycles. The highest BCUT2D eigenvalue weighted by atomic mass is 79.9. The molecule has 1 heterocycles. The van der Waals surface area contributed by atoms with Gasteiger partial charge in [0.05, 0.1) is 17.0 Å². The molecule has 0 radical (unpaired) electrons. The Morgan fingerprint density at radius 1 is 1.53 bits per heavy atom. The molecule has 0 saturated carbocycles. The number of benzene rings is 1. The quantitative estimate of drug-likeness (QED) is 0.611. The Bertz CT molecular complexity index is 445. The molecule has 5 nitrogen and oxygen atoms in total. The standard InChI is InChI=1S/C9H7BrN2O3/c10-8-2-1-6(12(13)14)5-7(8)9-11-3-4-15-9/h1-2,5H,3-4H2. The van der Waals surface area contributed by atoms with Gasteiger partial charge in [-0.3, -0.25) is 10.1 Å². The molecule has 2 rings (SSSR count). The number of hydrogen-bond acceptors (Lipinski definition) is 4. The van der Waals surface area contributed by atoms with Crippen LogP contribution in [-0.4, -0.2) is 24.0 Å². The Morgan fingerprint density at radius 3 is 2.93 bits per heavy atom. The van der Waals surface area contributed by atoms with Crippen molar-refractivity contribution in [2.45, 2.75) is 0 Å². The fourth-order valence-electron chi connectivity index (χ4n) is 1.29. The van der Waals surface area contributed by atoms with Crippen LogP contribution in [0.1, 0.15) is 5.56 Å². The normalized spacial score (nSPS) is 14.6. The van der Waals surface area contributed by atoms with Gasteiger partial charge in [-0.2, -0.15) is 0 Å². The van der Waals surface area contributed by atoms with Crippen molar-refractivity contribution in [3.05, 3.63) is 38.3 Å². The molecule has 0 unspecified atom stereocenters. The predicted octanol–water partition coefficient (Wildman–Crippen LogP) is 2.13.